The highest BCUT2D eigenvalue weighted by molar-refractivity contribution is 7.89. The lowest BCUT2D eigenvalue weighted by Crippen LogP contribution is -2.31. The predicted molar refractivity (Wildman–Crippen MR) is 98.4 cm³/mol. The second-order valence-corrected chi connectivity index (χ2v) is 7.70. The number of aryl methyl sites for hydroxylation is 2. The molecule has 0 aliphatic heterocycles. The lowest BCUT2D eigenvalue weighted by molar-refractivity contribution is 0.298. The van der Waals surface area contributed by atoms with Crippen LogP contribution in [-0.2, 0) is 16.6 Å². The van der Waals surface area contributed by atoms with Gasteiger partial charge in [0.25, 0.3) is 0 Å². The number of aromatic nitrogens is 2. The summed E-state index contributed by atoms with van der Waals surface area (Å²) in [6, 6.07) is 9.64. The van der Waals surface area contributed by atoms with Gasteiger partial charge in [0, 0.05) is 26.1 Å². The van der Waals surface area contributed by atoms with Gasteiger partial charge < -0.3 is 4.74 Å². The van der Waals surface area contributed by atoms with Crippen molar-refractivity contribution >= 4 is 10.0 Å². The van der Waals surface area contributed by atoms with Crippen molar-refractivity contribution in [3.8, 4) is 5.75 Å². The Kier molecular flexibility index (Phi) is 6.61. The van der Waals surface area contributed by atoms with Crippen molar-refractivity contribution < 1.29 is 13.2 Å². The number of sulfonamides is 1. The third-order valence-corrected chi connectivity index (χ3v) is 6.45. The van der Waals surface area contributed by atoms with Crippen LogP contribution < -0.4 is 4.74 Å². The molecule has 0 bridgehead atoms. The van der Waals surface area contributed by atoms with Gasteiger partial charge in [0.2, 0.25) is 10.0 Å². The monoisotopic (exact) mass is 365 g/mol. The number of hydrogen-bond donors (Lipinski definition) is 0. The van der Waals surface area contributed by atoms with Crippen LogP contribution in [0.2, 0.25) is 0 Å². The molecule has 0 atom stereocenters. The van der Waals surface area contributed by atoms with Crippen LogP contribution in [0.3, 0.4) is 0 Å². The van der Waals surface area contributed by atoms with Gasteiger partial charge in [0.1, 0.15) is 10.6 Å². The molecule has 7 heteroatoms. The number of nitrogens with zero attached hydrogens (tertiary/aromatic N) is 3. The quantitative estimate of drug-likeness (QED) is 0.641. The number of ether oxygens (including phenoxy) is 1. The maximum Gasteiger partial charge on any atom is 0.246 e. The Bertz CT molecular complexity index is 781. The van der Waals surface area contributed by atoms with Gasteiger partial charge in [-0.1, -0.05) is 32.0 Å². The largest absolute Gasteiger partial charge is 0.494 e. The summed E-state index contributed by atoms with van der Waals surface area (Å²) < 4.78 is 34.5. The van der Waals surface area contributed by atoms with Crippen LogP contribution in [0, 0.1) is 13.8 Å². The zero-order valence-electron chi connectivity index (χ0n) is 15.4. The zero-order chi connectivity index (χ0) is 18.4. The average Bonchev–Trinajstić information content (AvgIpc) is 2.88. The molecule has 1 aromatic carbocycles. The number of hydrogen-bond acceptors (Lipinski definition) is 4. The molecule has 0 fully saturated rings. The minimum atomic E-state index is -3.50. The summed E-state index contributed by atoms with van der Waals surface area (Å²) in [5, 5.41) is 4.43. The number of rotatable bonds is 9. The van der Waals surface area contributed by atoms with E-state index in [1.165, 1.54) is 4.31 Å². The van der Waals surface area contributed by atoms with E-state index < -0.39 is 10.0 Å². The van der Waals surface area contributed by atoms with Crippen molar-refractivity contribution in [1.29, 1.82) is 0 Å². The van der Waals surface area contributed by atoms with Crippen LogP contribution in [0.1, 0.15) is 31.7 Å². The maximum absolute atomic E-state index is 12.8. The molecule has 0 amide bonds. The summed E-state index contributed by atoms with van der Waals surface area (Å²) in [6.07, 6.45) is 0.752. The smallest absolute Gasteiger partial charge is 0.246 e. The van der Waals surface area contributed by atoms with Gasteiger partial charge in [0.05, 0.1) is 18.0 Å². The third kappa shape index (κ3) is 4.41. The van der Waals surface area contributed by atoms with E-state index in [4.69, 9.17) is 4.74 Å². The molecule has 1 heterocycles. The van der Waals surface area contributed by atoms with E-state index in [1.807, 2.05) is 51.1 Å². The van der Waals surface area contributed by atoms with Crippen molar-refractivity contribution in [2.75, 3.05) is 19.7 Å². The van der Waals surface area contributed by atoms with Crippen LogP contribution in [0.15, 0.2) is 35.2 Å². The van der Waals surface area contributed by atoms with E-state index >= 15 is 0 Å². The molecule has 2 aromatic rings. The molecular formula is C18H27N3O3S. The first-order valence-electron chi connectivity index (χ1n) is 8.63. The Labute approximate surface area is 150 Å². The minimum Gasteiger partial charge on any atom is -0.494 e. The second kappa shape index (κ2) is 8.49. The SMILES string of the molecule is CCN(CC)S(=O)(=O)c1c(C)nn(CCCOc2ccccc2)c1C. The molecule has 2 rings (SSSR count). The topological polar surface area (TPSA) is 64.4 Å². The summed E-state index contributed by atoms with van der Waals surface area (Å²) in [4.78, 5) is 0.333. The Morgan fingerprint density at radius 1 is 1.12 bits per heavy atom. The first-order valence-corrected chi connectivity index (χ1v) is 10.1. The van der Waals surface area contributed by atoms with E-state index in [0.717, 1.165) is 12.2 Å². The van der Waals surface area contributed by atoms with Gasteiger partial charge in [-0.15, -0.1) is 0 Å². The Balaban J connectivity index is 2.06. The third-order valence-electron chi connectivity index (χ3n) is 4.14. The molecule has 138 valence electrons. The van der Waals surface area contributed by atoms with Gasteiger partial charge in [-0.2, -0.15) is 9.40 Å². The molecule has 0 spiro atoms. The van der Waals surface area contributed by atoms with E-state index in [1.54, 1.807) is 11.6 Å². The second-order valence-electron chi connectivity index (χ2n) is 5.83. The molecule has 0 N–H and O–H groups in total. The first-order chi connectivity index (χ1) is 11.9. The normalized spacial score (nSPS) is 11.9. The van der Waals surface area contributed by atoms with Crippen LogP contribution in [-0.4, -0.2) is 42.2 Å². The van der Waals surface area contributed by atoms with Crippen LogP contribution in [0.5, 0.6) is 5.75 Å². The molecule has 1 aromatic heterocycles. The lowest BCUT2D eigenvalue weighted by atomic mass is 10.3. The van der Waals surface area contributed by atoms with E-state index in [2.05, 4.69) is 5.10 Å². The molecule has 6 nitrogen and oxygen atoms in total. The fourth-order valence-electron chi connectivity index (χ4n) is 2.89. The Morgan fingerprint density at radius 3 is 2.36 bits per heavy atom. The first kappa shape index (κ1) is 19.5. The highest BCUT2D eigenvalue weighted by atomic mass is 32.2. The molecular weight excluding hydrogens is 338 g/mol. The van der Waals surface area contributed by atoms with Gasteiger partial charge >= 0.3 is 0 Å². The highest BCUT2D eigenvalue weighted by Crippen LogP contribution is 2.23. The molecule has 0 unspecified atom stereocenters. The lowest BCUT2D eigenvalue weighted by Gasteiger charge is -2.18. The summed E-state index contributed by atoms with van der Waals surface area (Å²) in [7, 11) is -3.50. The molecule has 25 heavy (non-hydrogen) atoms. The van der Waals surface area contributed by atoms with Crippen molar-refractivity contribution in [3.05, 3.63) is 41.7 Å². The summed E-state index contributed by atoms with van der Waals surface area (Å²) in [6.45, 7) is 9.33. The maximum atomic E-state index is 12.8. The molecule has 0 radical (unpaired) electrons. The van der Waals surface area contributed by atoms with E-state index in [-0.39, 0.29) is 0 Å². The van der Waals surface area contributed by atoms with Gasteiger partial charge in [-0.25, -0.2) is 8.42 Å². The van der Waals surface area contributed by atoms with Crippen LogP contribution >= 0.6 is 0 Å². The fraction of sp³-hybridized carbons (Fsp3) is 0.500. The van der Waals surface area contributed by atoms with Crippen molar-refractivity contribution in [2.24, 2.45) is 0 Å². The molecule has 0 aliphatic carbocycles. The van der Waals surface area contributed by atoms with E-state index in [9.17, 15) is 8.42 Å². The van der Waals surface area contributed by atoms with Gasteiger partial charge in [-0.3, -0.25) is 4.68 Å². The number of benzene rings is 1. The number of para-hydroxylation sites is 1. The van der Waals surface area contributed by atoms with Crippen LogP contribution in [0.4, 0.5) is 0 Å². The van der Waals surface area contributed by atoms with Crippen molar-refractivity contribution in [3.63, 3.8) is 0 Å². The summed E-state index contributed by atoms with van der Waals surface area (Å²) in [5.74, 6) is 0.834. The van der Waals surface area contributed by atoms with E-state index in [0.29, 0.717) is 42.5 Å². The Morgan fingerprint density at radius 2 is 1.76 bits per heavy atom. The van der Waals surface area contributed by atoms with Gasteiger partial charge in [-0.05, 0) is 26.0 Å². The average molecular weight is 365 g/mol. The summed E-state index contributed by atoms with van der Waals surface area (Å²) in [5.41, 5.74) is 1.23. The summed E-state index contributed by atoms with van der Waals surface area (Å²) >= 11 is 0. The van der Waals surface area contributed by atoms with Gasteiger partial charge in [0.15, 0.2) is 0 Å². The van der Waals surface area contributed by atoms with Crippen LogP contribution in [0.25, 0.3) is 0 Å². The highest BCUT2D eigenvalue weighted by Gasteiger charge is 2.29. The molecule has 0 saturated heterocycles. The molecule has 0 saturated carbocycles. The minimum absolute atomic E-state index is 0.333. The standard InChI is InChI=1S/C18H27N3O3S/c1-5-20(6-2)25(22,23)18-15(3)19-21(16(18)4)13-10-14-24-17-11-8-7-9-12-17/h7-9,11-12H,5-6,10,13-14H2,1-4H3. The zero-order valence-corrected chi connectivity index (χ0v) is 16.2. The fourth-order valence-corrected chi connectivity index (χ4v) is 4.72. The van der Waals surface area contributed by atoms with Crippen molar-refractivity contribution in [1.82, 2.24) is 14.1 Å². The molecule has 0 aliphatic rings. The predicted octanol–water partition coefficient (Wildman–Crippen LogP) is 3.00. The van der Waals surface area contributed by atoms with Crippen molar-refractivity contribution in [2.45, 2.75) is 45.6 Å². The Hall–Kier alpha value is -1.86.